The molecule has 1 aliphatic carbocycles. The van der Waals surface area contributed by atoms with E-state index in [1.165, 1.54) is 16.9 Å². The molecule has 6 heteroatoms. The molecule has 1 aliphatic rings. The molecule has 0 atom stereocenters. The van der Waals surface area contributed by atoms with E-state index < -0.39 is 11.7 Å². The summed E-state index contributed by atoms with van der Waals surface area (Å²) in [5.41, 5.74) is 0.413. The van der Waals surface area contributed by atoms with E-state index >= 15 is 0 Å². The van der Waals surface area contributed by atoms with E-state index in [1.54, 1.807) is 12.4 Å². The molecule has 0 unspecified atom stereocenters. The molecule has 0 bridgehead atoms. The number of ketones is 3. The van der Waals surface area contributed by atoms with Gasteiger partial charge in [0.25, 0.3) is 0 Å². The van der Waals surface area contributed by atoms with Crippen molar-refractivity contribution < 1.29 is 14.4 Å². The first kappa shape index (κ1) is 13.6. The molecule has 3 rings (SSSR count). The van der Waals surface area contributed by atoms with Gasteiger partial charge in [0.1, 0.15) is 5.92 Å². The molecule has 21 heavy (non-hydrogen) atoms. The topological polar surface area (TPSA) is 81.4 Å². The normalized spacial score (nSPS) is 19.1. The first-order chi connectivity index (χ1) is 9.89. The van der Waals surface area contributed by atoms with Crippen LogP contribution in [0.4, 0.5) is 0 Å². The Bertz CT molecular complexity index is 740. The first-order valence-corrected chi connectivity index (χ1v) is 6.76. The lowest BCUT2D eigenvalue weighted by Gasteiger charge is -2.31. The number of carbonyl (C=O) groups is 3. The van der Waals surface area contributed by atoms with Gasteiger partial charge in [0.2, 0.25) is 0 Å². The molecule has 0 spiro atoms. The summed E-state index contributed by atoms with van der Waals surface area (Å²) in [7, 11) is 0. The Morgan fingerprint density at radius 1 is 1.24 bits per heavy atom. The molecule has 6 nitrogen and oxygen atoms in total. The minimum absolute atomic E-state index is 0.243. The molecule has 108 valence electrons. The highest BCUT2D eigenvalue weighted by molar-refractivity contribution is 6.26. The lowest BCUT2D eigenvalue weighted by Crippen LogP contribution is -2.41. The van der Waals surface area contributed by atoms with Crippen LogP contribution in [0.25, 0.3) is 5.52 Å². The molecule has 0 aliphatic heterocycles. The molecular formula is C15H15N3O3. The molecule has 1 fully saturated rings. The van der Waals surface area contributed by atoms with Crippen LogP contribution in [0.5, 0.6) is 0 Å². The number of aromatic nitrogens is 3. The average Bonchev–Trinajstić information content (AvgIpc) is 2.79. The number of rotatable bonds is 2. The van der Waals surface area contributed by atoms with Crippen molar-refractivity contribution in [3.63, 3.8) is 0 Å². The number of Topliss-reactive ketones (excluding diaryl/α,β-unsaturated/α-hetero) is 3. The SMILES string of the molecule is CC1(C)CC(=O)C(C(=O)c2cnn3ccncc23)C(=O)C1. The van der Waals surface area contributed by atoms with Crippen LogP contribution in [-0.4, -0.2) is 31.9 Å². The Hall–Kier alpha value is -2.37. The minimum atomic E-state index is -1.19. The fourth-order valence-corrected chi connectivity index (χ4v) is 2.86. The second kappa shape index (κ2) is 4.58. The van der Waals surface area contributed by atoms with Crippen LogP contribution in [0.3, 0.4) is 0 Å². The summed E-state index contributed by atoms with van der Waals surface area (Å²) in [5.74, 6) is -2.26. The molecule has 0 aromatic carbocycles. The summed E-state index contributed by atoms with van der Waals surface area (Å²) in [5, 5.41) is 4.05. The molecule has 2 heterocycles. The summed E-state index contributed by atoms with van der Waals surface area (Å²) < 4.78 is 1.50. The number of hydrogen-bond acceptors (Lipinski definition) is 5. The van der Waals surface area contributed by atoms with Crippen molar-refractivity contribution in [1.29, 1.82) is 0 Å². The van der Waals surface area contributed by atoms with Crippen molar-refractivity contribution in [1.82, 2.24) is 14.6 Å². The summed E-state index contributed by atoms with van der Waals surface area (Å²) in [6, 6.07) is 0. The van der Waals surface area contributed by atoms with Gasteiger partial charge in [-0.05, 0) is 5.41 Å². The summed E-state index contributed by atoms with van der Waals surface area (Å²) in [6.07, 6.45) is 6.54. The lowest BCUT2D eigenvalue weighted by atomic mass is 9.70. The Morgan fingerprint density at radius 2 is 1.90 bits per heavy atom. The molecule has 0 N–H and O–H groups in total. The lowest BCUT2D eigenvalue weighted by molar-refractivity contribution is -0.137. The van der Waals surface area contributed by atoms with E-state index in [4.69, 9.17) is 0 Å². The van der Waals surface area contributed by atoms with Gasteiger partial charge in [-0.15, -0.1) is 0 Å². The Morgan fingerprint density at radius 3 is 2.57 bits per heavy atom. The predicted molar refractivity (Wildman–Crippen MR) is 73.8 cm³/mol. The van der Waals surface area contributed by atoms with Crippen LogP contribution in [0.1, 0.15) is 37.0 Å². The molecule has 2 aromatic rings. The summed E-state index contributed by atoms with van der Waals surface area (Å²) in [6.45, 7) is 3.73. The molecule has 1 saturated carbocycles. The van der Waals surface area contributed by atoms with E-state index in [0.717, 1.165) is 0 Å². The smallest absolute Gasteiger partial charge is 0.184 e. The van der Waals surface area contributed by atoms with Crippen LogP contribution in [0.2, 0.25) is 0 Å². The fraction of sp³-hybridized carbons (Fsp3) is 0.400. The maximum absolute atomic E-state index is 12.6. The quantitative estimate of drug-likeness (QED) is 0.616. The maximum atomic E-state index is 12.6. The predicted octanol–water partition coefficient (Wildman–Crippen LogP) is 1.49. The van der Waals surface area contributed by atoms with Gasteiger partial charge in [-0.3, -0.25) is 19.4 Å². The summed E-state index contributed by atoms with van der Waals surface area (Å²) in [4.78, 5) is 41.0. The summed E-state index contributed by atoms with van der Waals surface area (Å²) >= 11 is 0. The van der Waals surface area contributed by atoms with Crippen LogP contribution < -0.4 is 0 Å². The largest absolute Gasteiger partial charge is 0.298 e. The van der Waals surface area contributed by atoms with Crippen molar-refractivity contribution >= 4 is 22.9 Å². The van der Waals surface area contributed by atoms with E-state index in [1.807, 2.05) is 13.8 Å². The van der Waals surface area contributed by atoms with Crippen LogP contribution >= 0.6 is 0 Å². The van der Waals surface area contributed by atoms with Gasteiger partial charge in [-0.1, -0.05) is 13.8 Å². The van der Waals surface area contributed by atoms with Crippen molar-refractivity contribution in [2.75, 3.05) is 0 Å². The highest BCUT2D eigenvalue weighted by atomic mass is 16.2. The number of carbonyl (C=O) groups excluding carboxylic acids is 3. The third-order valence-corrected chi connectivity index (χ3v) is 3.80. The van der Waals surface area contributed by atoms with Gasteiger partial charge >= 0.3 is 0 Å². The van der Waals surface area contributed by atoms with Gasteiger partial charge < -0.3 is 0 Å². The van der Waals surface area contributed by atoms with E-state index in [0.29, 0.717) is 5.52 Å². The van der Waals surface area contributed by atoms with Crippen molar-refractivity contribution in [2.45, 2.75) is 26.7 Å². The zero-order valence-corrected chi connectivity index (χ0v) is 11.9. The zero-order valence-electron chi connectivity index (χ0n) is 11.9. The average molecular weight is 285 g/mol. The highest BCUT2D eigenvalue weighted by Gasteiger charge is 2.44. The van der Waals surface area contributed by atoms with Crippen LogP contribution in [0.15, 0.2) is 24.8 Å². The fourth-order valence-electron chi connectivity index (χ4n) is 2.86. The highest BCUT2D eigenvalue weighted by Crippen LogP contribution is 2.35. The molecule has 0 saturated heterocycles. The maximum Gasteiger partial charge on any atom is 0.184 e. The third kappa shape index (κ3) is 2.26. The third-order valence-electron chi connectivity index (χ3n) is 3.80. The van der Waals surface area contributed by atoms with Crippen molar-refractivity contribution in [3.8, 4) is 0 Å². The van der Waals surface area contributed by atoms with E-state index in [-0.39, 0.29) is 35.4 Å². The Balaban J connectivity index is 1.99. The molecule has 2 aromatic heterocycles. The number of hydrogen-bond donors (Lipinski definition) is 0. The molecule has 0 radical (unpaired) electrons. The molecular weight excluding hydrogens is 270 g/mol. The minimum Gasteiger partial charge on any atom is -0.298 e. The van der Waals surface area contributed by atoms with E-state index in [2.05, 4.69) is 10.1 Å². The van der Waals surface area contributed by atoms with E-state index in [9.17, 15) is 14.4 Å². The Labute approximate surface area is 121 Å². The zero-order chi connectivity index (χ0) is 15.2. The van der Waals surface area contributed by atoms with Gasteiger partial charge in [0, 0.05) is 25.2 Å². The molecule has 0 amide bonds. The second-order valence-electron chi connectivity index (χ2n) is 6.21. The van der Waals surface area contributed by atoms with Crippen LogP contribution in [-0.2, 0) is 9.59 Å². The van der Waals surface area contributed by atoms with Gasteiger partial charge in [0.15, 0.2) is 17.3 Å². The van der Waals surface area contributed by atoms with Gasteiger partial charge in [0.05, 0.1) is 23.5 Å². The van der Waals surface area contributed by atoms with Gasteiger partial charge in [-0.2, -0.15) is 5.10 Å². The number of nitrogens with zero attached hydrogens (tertiary/aromatic N) is 3. The first-order valence-electron chi connectivity index (χ1n) is 6.76. The standard InChI is InChI=1S/C15H15N3O3/c1-15(2)5-11(19)13(12(20)6-15)14(21)9-7-17-18-4-3-16-8-10(9)18/h3-4,7-8,13H,5-6H2,1-2H3. The monoisotopic (exact) mass is 285 g/mol. The second-order valence-corrected chi connectivity index (χ2v) is 6.21. The number of fused-ring (bicyclic) bond motifs is 1. The van der Waals surface area contributed by atoms with Crippen molar-refractivity contribution in [3.05, 3.63) is 30.4 Å². The van der Waals surface area contributed by atoms with Crippen LogP contribution in [0, 0.1) is 11.3 Å². The van der Waals surface area contributed by atoms with Crippen molar-refractivity contribution in [2.24, 2.45) is 11.3 Å². The Kier molecular flexibility index (Phi) is 2.97. The van der Waals surface area contributed by atoms with Gasteiger partial charge in [-0.25, -0.2) is 4.52 Å².